The van der Waals surface area contributed by atoms with E-state index in [1.807, 2.05) is 13.8 Å². The number of hydrogen-bond donors (Lipinski definition) is 2. The fourth-order valence-electron chi connectivity index (χ4n) is 1.56. The zero-order valence-corrected chi connectivity index (χ0v) is 11.9. The molecule has 6 heteroatoms. The average molecular weight is 268 g/mol. The topological polar surface area (TPSA) is 84.4 Å². The van der Waals surface area contributed by atoms with Crippen LogP contribution < -0.4 is 5.73 Å². The van der Waals surface area contributed by atoms with E-state index in [0.29, 0.717) is 5.56 Å². The summed E-state index contributed by atoms with van der Waals surface area (Å²) in [5.41, 5.74) is 8.13. The maximum atomic E-state index is 8.84. The SMILES string of the molecule is CCCCCSc1nnc(C)c(C)c1C(N)=NO. The molecular weight excluding hydrogens is 248 g/mol. The number of amidine groups is 1. The third-order valence-electron chi connectivity index (χ3n) is 2.77. The molecule has 100 valence electrons. The van der Waals surface area contributed by atoms with Crippen LogP contribution in [0.5, 0.6) is 0 Å². The Labute approximate surface area is 112 Å². The standard InChI is InChI=1S/C12H20N4OS/c1-4-5-6-7-18-12-10(11(13)16-17)8(2)9(3)14-15-12/h17H,4-7H2,1-3H3,(H2,13,16). The summed E-state index contributed by atoms with van der Waals surface area (Å²) in [5, 5.41) is 20.9. The molecule has 0 saturated carbocycles. The molecule has 0 aliphatic carbocycles. The van der Waals surface area contributed by atoms with Gasteiger partial charge in [0.05, 0.1) is 11.3 Å². The Morgan fingerprint density at radius 2 is 2.06 bits per heavy atom. The molecule has 1 heterocycles. The molecule has 18 heavy (non-hydrogen) atoms. The van der Waals surface area contributed by atoms with Crippen LogP contribution >= 0.6 is 11.8 Å². The number of nitrogens with zero attached hydrogens (tertiary/aromatic N) is 3. The minimum Gasteiger partial charge on any atom is -0.409 e. The van der Waals surface area contributed by atoms with Gasteiger partial charge in [0.25, 0.3) is 0 Å². The van der Waals surface area contributed by atoms with E-state index in [0.717, 1.165) is 28.5 Å². The Kier molecular flexibility index (Phi) is 5.91. The van der Waals surface area contributed by atoms with Crippen LogP contribution in [0.25, 0.3) is 0 Å². The minimum absolute atomic E-state index is 0.100. The maximum Gasteiger partial charge on any atom is 0.173 e. The summed E-state index contributed by atoms with van der Waals surface area (Å²) < 4.78 is 0. The van der Waals surface area contributed by atoms with E-state index in [4.69, 9.17) is 10.9 Å². The Bertz CT molecular complexity index is 434. The number of aryl methyl sites for hydroxylation is 1. The molecule has 5 nitrogen and oxygen atoms in total. The molecule has 0 unspecified atom stereocenters. The molecule has 1 rings (SSSR count). The summed E-state index contributed by atoms with van der Waals surface area (Å²) in [5.74, 6) is 1.07. The molecule has 0 saturated heterocycles. The normalized spacial score (nSPS) is 11.8. The predicted octanol–water partition coefficient (Wildman–Crippen LogP) is 2.47. The van der Waals surface area contributed by atoms with Crippen LogP contribution in [0.2, 0.25) is 0 Å². The number of aromatic nitrogens is 2. The van der Waals surface area contributed by atoms with E-state index >= 15 is 0 Å². The highest BCUT2D eigenvalue weighted by Gasteiger charge is 2.15. The highest BCUT2D eigenvalue weighted by atomic mass is 32.2. The zero-order valence-electron chi connectivity index (χ0n) is 11.1. The highest BCUT2D eigenvalue weighted by Crippen LogP contribution is 2.24. The first-order valence-corrected chi connectivity index (χ1v) is 7.05. The average Bonchev–Trinajstić information content (AvgIpc) is 2.38. The van der Waals surface area contributed by atoms with Gasteiger partial charge in [0, 0.05) is 0 Å². The van der Waals surface area contributed by atoms with Crippen molar-refractivity contribution in [3.8, 4) is 0 Å². The number of unbranched alkanes of at least 4 members (excludes halogenated alkanes) is 2. The zero-order chi connectivity index (χ0) is 13.5. The third-order valence-corrected chi connectivity index (χ3v) is 3.82. The predicted molar refractivity (Wildman–Crippen MR) is 74.3 cm³/mol. The molecule has 0 fully saturated rings. The van der Waals surface area contributed by atoms with Crippen LogP contribution in [0.4, 0.5) is 0 Å². The van der Waals surface area contributed by atoms with Crippen LogP contribution in [0.1, 0.15) is 43.0 Å². The molecule has 3 N–H and O–H groups in total. The van der Waals surface area contributed by atoms with Crippen LogP contribution in [0.15, 0.2) is 10.2 Å². The molecule has 1 aromatic heterocycles. The first-order valence-electron chi connectivity index (χ1n) is 6.06. The third kappa shape index (κ3) is 3.60. The van der Waals surface area contributed by atoms with Crippen molar-refractivity contribution in [2.75, 3.05) is 5.75 Å². The summed E-state index contributed by atoms with van der Waals surface area (Å²) in [6, 6.07) is 0. The number of rotatable bonds is 6. The summed E-state index contributed by atoms with van der Waals surface area (Å²) in [6.07, 6.45) is 3.52. The lowest BCUT2D eigenvalue weighted by Gasteiger charge is -2.10. The molecule has 0 bridgehead atoms. The van der Waals surface area contributed by atoms with Gasteiger partial charge in [-0.3, -0.25) is 0 Å². The van der Waals surface area contributed by atoms with E-state index in [-0.39, 0.29) is 5.84 Å². The lowest BCUT2D eigenvalue weighted by Crippen LogP contribution is -2.18. The molecular formula is C12H20N4OS. The van der Waals surface area contributed by atoms with Gasteiger partial charge in [0.2, 0.25) is 0 Å². The fraction of sp³-hybridized carbons (Fsp3) is 0.583. The second-order valence-electron chi connectivity index (χ2n) is 4.13. The first kappa shape index (κ1) is 14.8. The second-order valence-corrected chi connectivity index (χ2v) is 5.21. The Morgan fingerprint density at radius 3 is 2.67 bits per heavy atom. The molecule has 0 spiro atoms. The van der Waals surface area contributed by atoms with Gasteiger partial charge in [-0.05, 0) is 31.6 Å². The highest BCUT2D eigenvalue weighted by molar-refractivity contribution is 7.99. The van der Waals surface area contributed by atoms with Crippen LogP contribution in [0, 0.1) is 13.8 Å². The summed E-state index contributed by atoms with van der Waals surface area (Å²) in [7, 11) is 0. The van der Waals surface area contributed by atoms with Gasteiger partial charge in [0.15, 0.2) is 5.84 Å². The first-order chi connectivity index (χ1) is 8.61. The molecule has 0 radical (unpaired) electrons. The van der Waals surface area contributed by atoms with Crippen molar-refractivity contribution in [2.45, 2.75) is 45.1 Å². The fourth-order valence-corrected chi connectivity index (χ4v) is 2.60. The van der Waals surface area contributed by atoms with Gasteiger partial charge < -0.3 is 10.9 Å². The van der Waals surface area contributed by atoms with Crippen molar-refractivity contribution < 1.29 is 5.21 Å². The lowest BCUT2D eigenvalue weighted by molar-refractivity contribution is 0.318. The van der Waals surface area contributed by atoms with Crippen LogP contribution in [-0.4, -0.2) is 27.0 Å². The van der Waals surface area contributed by atoms with Crippen molar-refractivity contribution in [3.63, 3.8) is 0 Å². The number of hydrogen-bond acceptors (Lipinski definition) is 5. The Morgan fingerprint density at radius 1 is 1.33 bits per heavy atom. The van der Waals surface area contributed by atoms with Crippen molar-refractivity contribution >= 4 is 17.6 Å². The molecule has 0 aliphatic heterocycles. The van der Waals surface area contributed by atoms with Crippen LogP contribution in [0.3, 0.4) is 0 Å². The van der Waals surface area contributed by atoms with E-state index in [9.17, 15) is 0 Å². The van der Waals surface area contributed by atoms with E-state index in [2.05, 4.69) is 22.3 Å². The van der Waals surface area contributed by atoms with Gasteiger partial charge in [-0.2, -0.15) is 5.10 Å². The molecule has 0 atom stereocenters. The van der Waals surface area contributed by atoms with Gasteiger partial charge in [-0.1, -0.05) is 24.9 Å². The van der Waals surface area contributed by atoms with Gasteiger partial charge in [-0.25, -0.2) is 0 Å². The van der Waals surface area contributed by atoms with Gasteiger partial charge in [0.1, 0.15) is 5.03 Å². The molecule has 0 aliphatic rings. The minimum atomic E-state index is 0.100. The van der Waals surface area contributed by atoms with Crippen molar-refractivity contribution in [2.24, 2.45) is 10.9 Å². The smallest absolute Gasteiger partial charge is 0.173 e. The molecule has 1 aromatic rings. The summed E-state index contributed by atoms with van der Waals surface area (Å²) >= 11 is 1.61. The van der Waals surface area contributed by atoms with E-state index in [1.165, 1.54) is 12.8 Å². The van der Waals surface area contributed by atoms with Gasteiger partial charge >= 0.3 is 0 Å². The molecule has 0 aromatic carbocycles. The van der Waals surface area contributed by atoms with Crippen molar-refractivity contribution in [3.05, 3.63) is 16.8 Å². The van der Waals surface area contributed by atoms with E-state index in [1.54, 1.807) is 11.8 Å². The van der Waals surface area contributed by atoms with Crippen molar-refractivity contribution in [1.82, 2.24) is 10.2 Å². The number of oxime groups is 1. The Balaban J connectivity index is 2.93. The van der Waals surface area contributed by atoms with E-state index < -0.39 is 0 Å². The van der Waals surface area contributed by atoms with Gasteiger partial charge in [-0.15, -0.1) is 16.9 Å². The number of nitrogens with two attached hydrogens (primary N) is 1. The number of thioether (sulfide) groups is 1. The van der Waals surface area contributed by atoms with Crippen LogP contribution in [-0.2, 0) is 0 Å². The Hall–Kier alpha value is -1.30. The lowest BCUT2D eigenvalue weighted by atomic mass is 10.1. The molecule has 0 amide bonds. The quantitative estimate of drug-likeness (QED) is 0.207. The second kappa shape index (κ2) is 7.20. The van der Waals surface area contributed by atoms with Crippen molar-refractivity contribution in [1.29, 1.82) is 0 Å². The summed E-state index contributed by atoms with van der Waals surface area (Å²) in [6.45, 7) is 5.94. The largest absolute Gasteiger partial charge is 0.409 e. The summed E-state index contributed by atoms with van der Waals surface area (Å²) in [4.78, 5) is 0. The monoisotopic (exact) mass is 268 g/mol. The maximum absolute atomic E-state index is 8.84.